The Balaban J connectivity index is 1.94. The molecule has 4 N–H and O–H groups in total. The minimum atomic E-state index is -1.29. The molecule has 0 bridgehead atoms. The molecule has 1 amide bonds. The maximum absolute atomic E-state index is 12.5. The molecule has 0 aromatic carbocycles. The summed E-state index contributed by atoms with van der Waals surface area (Å²) < 4.78 is 16.9. The van der Waals surface area contributed by atoms with Gasteiger partial charge in [0, 0.05) is 19.4 Å². The number of aliphatic hydroxyl groups is 2. The first-order chi connectivity index (χ1) is 17.0. The van der Waals surface area contributed by atoms with Gasteiger partial charge in [0.1, 0.15) is 12.2 Å². The number of hydrogen-bond donors (Lipinski definition) is 3. The van der Waals surface area contributed by atoms with Crippen molar-refractivity contribution in [2.24, 2.45) is 17.2 Å². The molecule has 0 aromatic heterocycles. The van der Waals surface area contributed by atoms with Crippen LogP contribution in [-0.2, 0) is 23.8 Å². The minimum absolute atomic E-state index is 0.0335. The molecule has 37 heavy (non-hydrogen) atoms. The average Bonchev–Trinajstić information content (AvgIpc) is 2.77. The van der Waals surface area contributed by atoms with Gasteiger partial charge in [-0.1, -0.05) is 44.6 Å². The van der Waals surface area contributed by atoms with Gasteiger partial charge in [-0.05, 0) is 57.9 Å². The van der Waals surface area contributed by atoms with E-state index in [2.05, 4.69) is 13.0 Å². The lowest BCUT2D eigenvalue weighted by molar-refractivity contribution is -0.286. The number of nitrogens with two attached hydrogens (primary N) is 1. The van der Waals surface area contributed by atoms with Gasteiger partial charge >= 0.3 is 5.97 Å². The molecule has 0 unspecified atom stereocenters. The van der Waals surface area contributed by atoms with E-state index in [0.29, 0.717) is 19.3 Å². The van der Waals surface area contributed by atoms with Crippen LogP contribution in [0.5, 0.6) is 0 Å². The summed E-state index contributed by atoms with van der Waals surface area (Å²) in [6, 6.07) is -0.279. The van der Waals surface area contributed by atoms with Crippen molar-refractivity contribution in [3.05, 3.63) is 36.0 Å². The summed E-state index contributed by atoms with van der Waals surface area (Å²) in [6.45, 7) is 14.4. The van der Waals surface area contributed by atoms with Crippen molar-refractivity contribution in [1.82, 2.24) is 5.01 Å². The van der Waals surface area contributed by atoms with E-state index in [1.807, 2.05) is 33.8 Å². The number of amides is 1. The van der Waals surface area contributed by atoms with Gasteiger partial charge in [0.2, 0.25) is 0 Å². The molecule has 2 aliphatic rings. The van der Waals surface area contributed by atoms with Gasteiger partial charge < -0.3 is 24.4 Å². The van der Waals surface area contributed by atoms with Crippen LogP contribution in [0.1, 0.15) is 74.7 Å². The largest absolute Gasteiger partial charge is 0.459 e. The number of aliphatic hydroxyl groups excluding tert-OH is 1. The lowest BCUT2D eigenvalue weighted by Gasteiger charge is -2.46. The topological polar surface area (TPSA) is 132 Å². The fourth-order valence-corrected chi connectivity index (χ4v) is 5.18. The molecule has 210 valence electrons. The van der Waals surface area contributed by atoms with Crippen LogP contribution in [0.15, 0.2) is 36.0 Å². The van der Waals surface area contributed by atoms with Crippen LogP contribution in [0.25, 0.3) is 0 Å². The highest BCUT2D eigenvalue weighted by Gasteiger charge is 2.46. The summed E-state index contributed by atoms with van der Waals surface area (Å²) in [4.78, 5) is 23.6. The third kappa shape index (κ3) is 9.04. The van der Waals surface area contributed by atoms with Crippen LogP contribution in [-0.4, -0.2) is 69.4 Å². The molecule has 0 spiro atoms. The highest BCUT2D eigenvalue weighted by Crippen LogP contribution is 2.40. The standard InChI is InChI=1S/C28H46N2O7/c1-17(10-13-24-26(33)27(6,7)16-28(8,34)37-24)9-12-23-18(2)15-22(20(4)36-23)30(29)25(32)14-11-19(3)35-21(5)31/h9-11,13-14,18-20,22-24,26,33-34H,12,15-16,29H2,1-8H3/b13-10+,14-11-,17-9+/t18-,19-,20+,22+,23-,24+,26+,28-/m0/s1. The zero-order chi connectivity index (χ0) is 28.1. The van der Waals surface area contributed by atoms with E-state index >= 15 is 0 Å². The van der Waals surface area contributed by atoms with Gasteiger partial charge in [-0.2, -0.15) is 0 Å². The van der Waals surface area contributed by atoms with Crippen molar-refractivity contribution < 1.29 is 34.0 Å². The summed E-state index contributed by atoms with van der Waals surface area (Å²) in [6.07, 6.45) is 8.19. The Kier molecular flexibility index (Phi) is 10.7. The molecule has 2 fully saturated rings. The number of ether oxygens (including phenoxy) is 3. The first-order valence-electron chi connectivity index (χ1n) is 13.0. The Morgan fingerprint density at radius 2 is 1.86 bits per heavy atom. The predicted octanol–water partition coefficient (Wildman–Crippen LogP) is 3.16. The quantitative estimate of drug-likeness (QED) is 0.111. The second-order valence-corrected chi connectivity index (χ2v) is 11.5. The van der Waals surface area contributed by atoms with Crippen LogP contribution >= 0.6 is 0 Å². The summed E-state index contributed by atoms with van der Waals surface area (Å²) in [7, 11) is 0. The first kappa shape index (κ1) is 31.2. The third-order valence-corrected chi connectivity index (χ3v) is 7.16. The SMILES string of the molecule is CC(=O)O[C@@H](C)/C=C\C(=O)N(N)[C@@H]1C[C@H](C)[C@H](C/C=C(C)/C=C/[C@H]2O[C@](C)(O)CC(C)(C)[C@@H]2O)O[C@@H]1C. The van der Waals surface area contributed by atoms with Crippen molar-refractivity contribution in [2.45, 2.75) is 117 Å². The highest BCUT2D eigenvalue weighted by molar-refractivity contribution is 5.87. The monoisotopic (exact) mass is 522 g/mol. The average molecular weight is 523 g/mol. The van der Waals surface area contributed by atoms with Crippen LogP contribution in [0.2, 0.25) is 0 Å². The number of rotatable bonds is 8. The maximum atomic E-state index is 12.5. The molecular weight excluding hydrogens is 476 g/mol. The normalized spacial score (nSPS) is 35.5. The molecule has 2 rings (SSSR count). The summed E-state index contributed by atoms with van der Waals surface area (Å²) in [5, 5.41) is 22.3. The molecule has 0 radical (unpaired) electrons. The van der Waals surface area contributed by atoms with E-state index < -0.39 is 35.5 Å². The second kappa shape index (κ2) is 12.7. The summed E-state index contributed by atoms with van der Waals surface area (Å²) in [5.74, 6) is 4.22. The lowest BCUT2D eigenvalue weighted by Crippen LogP contribution is -2.55. The van der Waals surface area contributed by atoms with Crippen molar-refractivity contribution in [2.75, 3.05) is 0 Å². The first-order valence-corrected chi connectivity index (χ1v) is 13.0. The van der Waals surface area contributed by atoms with Gasteiger partial charge in [-0.25, -0.2) is 5.84 Å². The van der Waals surface area contributed by atoms with Crippen LogP contribution in [0.4, 0.5) is 0 Å². The number of hydrazine groups is 1. The molecule has 0 aromatic rings. The maximum Gasteiger partial charge on any atom is 0.303 e. The predicted molar refractivity (Wildman–Crippen MR) is 141 cm³/mol. The molecule has 2 saturated heterocycles. The van der Waals surface area contributed by atoms with Crippen LogP contribution in [0, 0.1) is 11.3 Å². The Hall–Kier alpha value is -2.04. The number of esters is 1. The minimum Gasteiger partial charge on any atom is -0.459 e. The molecular formula is C28H46N2O7. The number of allylic oxidation sites excluding steroid dienone is 2. The Morgan fingerprint density at radius 1 is 1.22 bits per heavy atom. The Morgan fingerprint density at radius 3 is 2.49 bits per heavy atom. The van der Waals surface area contributed by atoms with E-state index in [9.17, 15) is 19.8 Å². The zero-order valence-corrected chi connectivity index (χ0v) is 23.5. The zero-order valence-electron chi connectivity index (χ0n) is 23.5. The molecule has 0 saturated carbocycles. The van der Waals surface area contributed by atoms with E-state index in [4.69, 9.17) is 20.1 Å². The van der Waals surface area contributed by atoms with Gasteiger partial charge in [0.25, 0.3) is 5.91 Å². The molecule has 0 aliphatic carbocycles. The summed E-state index contributed by atoms with van der Waals surface area (Å²) in [5.41, 5.74) is 0.521. The van der Waals surface area contributed by atoms with Gasteiger partial charge in [0.15, 0.2) is 5.79 Å². The van der Waals surface area contributed by atoms with E-state index in [1.165, 1.54) is 24.1 Å². The second-order valence-electron chi connectivity index (χ2n) is 11.5. The van der Waals surface area contributed by atoms with Crippen molar-refractivity contribution in [1.29, 1.82) is 0 Å². The number of carbonyl (C=O) groups is 2. The Bertz CT molecular complexity index is 895. The van der Waals surface area contributed by atoms with Gasteiger partial charge in [0.05, 0.1) is 24.4 Å². The smallest absolute Gasteiger partial charge is 0.303 e. The molecule has 2 heterocycles. The van der Waals surface area contributed by atoms with Crippen LogP contribution < -0.4 is 5.84 Å². The van der Waals surface area contributed by atoms with Crippen molar-refractivity contribution in [3.63, 3.8) is 0 Å². The van der Waals surface area contributed by atoms with Gasteiger partial charge in [-0.3, -0.25) is 14.6 Å². The van der Waals surface area contributed by atoms with E-state index in [1.54, 1.807) is 19.9 Å². The molecule has 2 aliphatic heterocycles. The number of carbonyl (C=O) groups excluding carboxylic acids is 2. The summed E-state index contributed by atoms with van der Waals surface area (Å²) >= 11 is 0. The molecule has 9 heteroatoms. The molecule has 9 nitrogen and oxygen atoms in total. The fourth-order valence-electron chi connectivity index (χ4n) is 5.18. The van der Waals surface area contributed by atoms with E-state index in [-0.39, 0.29) is 30.1 Å². The number of hydrogen-bond acceptors (Lipinski definition) is 8. The fraction of sp³-hybridized carbons (Fsp3) is 0.714. The third-order valence-electron chi connectivity index (χ3n) is 7.16. The molecule has 8 atom stereocenters. The number of nitrogens with zero attached hydrogens (tertiary/aromatic N) is 1. The highest BCUT2D eigenvalue weighted by atomic mass is 16.6. The van der Waals surface area contributed by atoms with Crippen molar-refractivity contribution in [3.8, 4) is 0 Å². The van der Waals surface area contributed by atoms with Crippen molar-refractivity contribution >= 4 is 11.9 Å². The lowest BCUT2D eigenvalue weighted by atomic mass is 9.75. The Labute approximate surface area is 221 Å². The van der Waals surface area contributed by atoms with E-state index in [0.717, 1.165) is 5.57 Å². The van der Waals surface area contributed by atoms with Gasteiger partial charge in [-0.15, -0.1) is 0 Å². The van der Waals surface area contributed by atoms with Crippen LogP contribution in [0.3, 0.4) is 0 Å².